The summed E-state index contributed by atoms with van der Waals surface area (Å²) in [5, 5.41) is 10.7. The number of ether oxygens (including phenoxy) is 1. The number of hydrogen-bond acceptors (Lipinski definition) is 3. The minimum Gasteiger partial charge on any atom is -0.386 e. The molecular formula is C14H19Br2NO2. The Bertz CT molecular complexity index is 488. The second-order valence-electron chi connectivity index (χ2n) is 6.24. The molecular weight excluding hydrogens is 374 g/mol. The second kappa shape index (κ2) is 5.10. The fourth-order valence-electron chi connectivity index (χ4n) is 2.93. The van der Waals surface area contributed by atoms with Gasteiger partial charge in [-0.25, -0.2) is 0 Å². The summed E-state index contributed by atoms with van der Waals surface area (Å²) < 4.78 is 7.74. The highest BCUT2D eigenvalue weighted by Gasteiger charge is 2.49. The molecule has 0 aliphatic carbocycles. The van der Waals surface area contributed by atoms with Crippen LogP contribution in [0.1, 0.15) is 45.9 Å². The molecule has 2 atom stereocenters. The van der Waals surface area contributed by atoms with Crippen molar-refractivity contribution in [1.82, 2.24) is 4.98 Å². The summed E-state index contributed by atoms with van der Waals surface area (Å²) in [5.41, 5.74) is 0.0938. The highest BCUT2D eigenvalue weighted by Crippen LogP contribution is 2.48. The number of nitrogens with zero attached hydrogens (tertiary/aromatic N) is 1. The molecule has 1 saturated heterocycles. The third-order valence-electron chi connectivity index (χ3n) is 3.64. The minimum atomic E-state index is -0.640. The van der Waals surface area contributed by atoms with Crippen LogP contribution in [0.3, 0.4) is 0 Å². The lowest BCUT2D eigenvalue weighted by Gasteiger charge is -2.30. The van der Waals surface area contributed by atoms with E-state index in [9.17, 15) is 5.11 Å². The number of pyridine rings is 1. The normalized spacial score (nSPS) is 26.4. The first kappa shape index (κ1) is 15.4. The van der Waals surface area contributed by atoms with Crippen LogP contribution in [-0.4, -0.2) is 21.3 Å². The molecule has 0 amide bonds. The summed E-state index contributed by atoms with van der Waals surface area (Å²) >= 11 is 6.84. The molecule has 1 fully saturated rings. The highest BCUT2D eigenvalue weighted by molar-refractivity contribution is 9.11. The van der Waals surface area contributed by atoms with Crippen LogP contribution in [0, 0.1) is 5.92 Å². The lowest BCUT2D eigenvalue weighted by atomic mass is 9.82. The third-order valence-corrected chi connectivity index (χ3v) is 4.71. The fraction of sp³-hybridized carbons (Fsp3) is 0.643. The first-order valence-corrected chi connectivity index (χ1v) is 7.90. The van der Waals surface area contributed by atoms with Gasteiger partial charge < -0.3 is 9.84 Å². The van der Waals surface area contributed by atoms with Crippen molar-refractivity contribution in [2.75, 3.05) is 0 Å². The van der Waals surface area contributed by atoms with E-state index in [1.54, 1.807) is 6.20 Å². The van der Waals surface area contributed by atoms with E-state index in [1.807, 2.05) is 19.9 Å². The Balaban J connectivity index is 2.31. The lowest BCUT2D eigenvalue weighted by molar-refractivity contribution is -0.0884. The maximum absolute atomic E-state index is 10.7. The molecule has 0 bridgehead atoms. The van der Waals surface area contributed by atoms with Gasteiger partial charge in [-0.15, -0.1) is 0 Å². The maximum atomic E-state index is 10.7. The average Bonchev–Trinajstić information content (AvgIpc) is 2.45. The molecule has 0 saturated carbocycles. The molecule has 1 N–H and O–H groups in total. The molecule has 0 spiro atoms. The second-order valence-corrected chi connectivity index (χ2v) is 8.01. The Morgan fingerprint density at radius 2 is 2.00 bits per heavy atom. The number of halogens is 2. The summed E-state index contributed by atoms with van der Waals surface area (Å²) in [5.74, 6) is 0.0208. The van der Waals surface area contributed by atoms with Crippen molar-refractivity contribution in [3.63, 3.8) is 0 Å². The molecule has 0 aromatic carbocycles. The van der Waals surface area contributed by atoms with Gasteiger partial charge in [-0.2, -0.15) is 0 Å². The van der Waals surface area contributed by atoms with Crippen molar-refractivity contribution in [3.05, 3.63) is 26.9 Å². The van der Waals surface area contributed by atoms with E-state index in [0.29, 0.717) is 5.69 Å². The maximum Gasteiger partial charge on any atom is 0.103 e. The molecule has 1 aromatic rings. The van der Waals surface area contributed by atoms with Crippen LogP contribution >= 0.6 is 31.9 Å². The quantitative estimate of drug-likeness (QED) is 0.818. The summed E-state index contributed by atoms with van der Waals surface area (Å²) in [6.07, 6.45) is 1.88. The van der Waals surface area contributed by atoms with Gasteiger partial charge in [-0.05, 0) is 72.0 Å². The Labute approximate surface area is 131 Å². The van der Waals surface area contributed by atoms with Gasteiger partial charge >= 0.3 is 0 Å². The van der Waals surface area contributed by atoms with Crippen molar-refractivity contribution in [2.24, 2.45) is 5.92 Å². The summed E-state index contributed by atoms with van der Waals surface area (Å²) in [7, 11) is 0. The van der Waals surface area contributed by atoms with Crippen molar-refractivity contribution >= 4 is 31.9 Å². The zero-order chi connectivity index (χ0) is 14.4. The fourth-order valence-corrected chi connectivity index (χ4v) is 4.15. The Kier molecular flexibility index (Phi) is 4.14. The van der Waals surface area contributed by atoms with E-state index >= 15 is 0 Å². The van der Waals surface area contributed by atoms with Crippen LogP contribution in [-0.2, 0) is 4.74 Å². The standard InChI is InChI=1S/C14H19Br2NO2/c1-13(2)6-9(14(3,4)19-13)12(18)11-10(16)5-8(15)7-17-11/h5,7,9,12,18H,6H2,1-4H3. The largest absolute Gasteiger partial charge is 0.386 e. The Hall–Kier alpha value is 0.0300. The number of aliphatic hydroxyl groups is 1. The molecule has 2 unspecified atom stereocenters. The van der Waals surface area contributed by atoms with E-state index in [1.165, 1.54) is 0 Å². The van der Waals surface area contributed by atoms with Gasteiger partial charge in [-0.1, -0.05) is 0 Å². The molecule has 19 heavy (non-hydrogen) atoms. The molecule has 1 aliphatic rings. The highest BCUT2D eigenvalue weighted by atomic mass is 79.9. The summed E-state index contributed by atoms with van der Waals surface area (Å²) in [6.45, 7) is 8.18. The monoisotopic (exact) mass is 391 g/mol. The Morgan fingerprint density at radius 3 is 2.47 bits per heavy atom. The SMILES string of the molecule is CC1(C)CC(C(O)c2ncc(Br)cc2Br)C(C)(C)O1. The van der Waals surface area contributed by atoms with Gasteiger partial charge in [0.1, 0.15) is 6.10 Å². The first-order valence-electron chi connectivity index (χ1n) is 6.31. The van der Waals surface area contributed by atoms with Gasteiger partial charge in [0.15, 0.2) is 0 Å². The van der Waals surface area contributed by atoms with Crippen LogP contribution in [0.15, 0.2) is 21.2 Å². The van der Waals surface area contributed by atoms with Crippen molar-refractivity contribution < 1.29 is 9.84 Å². The third kappa shape index (κ3) is 3.20. The molecule has 106 valence electrons. The van der Waals surface area contributed by atoms with Crippen molar-refractivity contribution in [3.8, 4) is 0 Å². The number of rotatable bonds is 2. The summed E-state index contributed by atoms with van der Waals surface area (Å²) in [6, 6.07) is 1.90. The summed E-state index contributed by atoms with van der Waals surface area (Å²) in [4.78, 5) is 4.34. The average molecular weight is 393 g/mol. The van der Waals surface area contributed by atoms with E-state index in [2.05, 4.69) is 50.7 Å². The smallest absolute Gasteiger partial charge is 0.103 e. The number of hydrogen-bond donors (Lipinski definition) is 1. The lowest BCUT2D eigenvalue weighted by Crippen LogP contribution is -2.33. The molecule has 1 aromatic heterocycles. The van der Waals surface area contributed by atoms with E-state index in [4.69, 9.17) is 4.74 Å². The van der Waals surface area contributed by atoms with E-state index in [-0.39, 0.29) is 17.1 Å². The number of aromatic nitrogens is 1. The van der Waals surface area contributed by atoms with Crippen LogP contribution < -0.4 is 0 Å². The predicted octanol–water partition coefficient (Wildman–Crippen LogP) is 4.23. The minimum absolute atomic E-state index is 0.0208. The van der Waals surface area contributed by atoms with E-state index < -0.39 is 6.10 Å². The van der Waals surface area contributed by atoms with Crippen molar-refractivity contribution in [2.45, 2.75) is 51.4 Å². The predicted molar refractivity (Wildman–Crippen MR) is 81.9 cm³/mol. The topological polar surface area (TPSA) is 42.4 Å². The number of aliphatic hydroxyl groups excluding tert-OH is 1. The van der Waals surface area contributed by atoms with Crippen LogP contribution in [0.5, 0.6) is 0 Å². The first-order chi connectivity index (χ1) is 8.62. The molecule has 1 aliphatic heterocycles. The van der Waals surface area contributed by atoms with Crippen molar-refractivity contribution in [1.29, 1.82) is 0 Å². The molecule has 2 rings (SSSR count). The Morgan fingerprint density at radius 1 is 1.37 bits per heavy atom. The van der Waals surface area contributed by atoms with E-state index in [0.717, 1.165) is 15.4 Å². The van der Waals surface area contributed by atoms with Gasteiger partial charge in [0.05, 0.1) is 16.9 Å². The van der Waals surface area contributed by atoms with Gasteiger partial charge in [0.2, 0.25) is 0 Å². The molecule has 2 heterocycles. The van der Waals surface area contributed by atoms with Crippen LogP contribution in [0.2, 0.25) is 0 Å². The zero-order valence-corrected chi connectivity index (χ0v) is 14.7. The molecule has 5 heteroatoms. The van der Waals surface area contributed by atoms with Gasteiger partial charge in [0.25, 0.3) is 0 Å². The molecule has 3 nitrogen and oxygen atoms in total. The molecule has 0 radical (unpaired) electrons. The van der Waals surface area contributed by atoms with Gasteiger partial charge in [0, 0.05) is 21.1 Å². The van der Waals surface area contributed by atoms with Gasteiger partial charge in [-0.3, -0.25) is 4.98 Å². The van der Waals surface area contributed by atoms with Crippen LogP contribution in [0.4, 0.5) is 0 Å². The van der Waals surface area contributed by atoms with Crippen LogP contribution in [0.25, 0.3) is 0 Å². The zero-order valence-electron chi connectivity index (χ0n) is 11.6.